The van der Waals surface area contributed by atoms with Crippen LogP contribution in [0.25, 0.3) is 10.9 Å². The van der Waals surface area contributed by atoms with Crippen LogP contribution in [0.2, 0.25) is 0 Å². The summed E-state index contributed by atoms with van der Waals surface area (Å²) in [6, 6.07) is 8.37. The lowest BCUT2D eigenvalue weighted by molar-refractivity contribution is 0.0644. The predicted octanol–water partition coefficient (Wildman–Crippen LogP) is 2.29. The molecule has 3 N–H and O–H groups in total. The van der Waals surface area contributed by atoms with E-state index in [-0.39, 0.29) is 11.3 Å². The van der Waals surface area contributed by atoms with Crippen molar-refractivity contribution in [3.8, 4) is 0 Å². The largest absolute Gasteiger partial charge is 0.478 e. The van der Waals surface area contributed by atoms with Crippen LogP contribution in [0.3, 0.4) is 0 Å². The minimum atomic E-state index is -1.30. The number of carboxylic acids is 2. The van der Waals surface area contributed by atoms with Crippen LogP contribution < -0.4 is 0 Å². The van der Waals surface area contributed by atoms with Gasteiger partial charge in [-0.15, -0.1) is 0 Å². The third-order valence-corrected chi connectivity index (χ3v) is 3.18. The van der Waals surface area contributed by atoms with Gasteiger partial charge >= 0.3 is 11.9 Å². The molecule has 2 aromatic heterocycles. The molecule has 0 radical (unpaired) electrons. The summed E-state index contributed by atoms with van der Waals surface area (Å²) in [4.78, 5) is 24.1. The minimum absolute atomic E-state index is 0.301. The van der Waals surface area contributed by atoms with Crippen LogP contribution in [0.15, 0.2) is 36.7 Å². The number of aromatic carboxylic acids is 2. The van der Waals surface area contributed by atoms with Crippen molar-refractivity contribution in [1.82, 2.24) is 14.8 Å². The Bertz CT molecular complexity index is 832. The van der Waals surface area contributed by atoms with Gasteiger partial charge in [0.1, 0.15) is 5.56 Å². The highest BCUT2D eigenvalue weighted by molar-refractivity contribution is 6.00. The number of carbonyl (C=O) groups is 2. The molecule has 0 aliphatic carbocycles. The first-order valence-corrected chi connectivity index (χ1v) is 6.43. The first kappa shape index (κ1) is 15.3. The Kier molecular flexibility index (Phi) is 4.26. The van der Waals surface area contributed by atoms with Gasteiger partial charge in [0.2, 0.25) is 0 Å². The average molecular weight is 301 g/mol. The van der Waals surface area contributed by atoms with Crippen molar-refractivity contribution in [2.24, 2.45) is 7.05 Å². The highest BCUT2D eigenvalue weighted by Gasteiger charge is 2.20. The van der Waals surface area contributed by atoms with Crippen LogP contribution in [0, 0.1) is 6.92 Å². The number of aromatic amines is 1. The summed E-state index contributed by atoms with van der Waals surface area (Å²) in [6.45, 7) is 2.12. The smallest absolute Gasteiger partial charge is 0.355 e. The highest BCUT2D eigenvalue weighted by Crippen LogP contribution is 2.15. The Morgan fingerprint density at radius 3 is 2.45 bits per heavy atom. The molecule has 3 aromatic rings. The average Bonchev–Trinajstić information content (AvgIpc) is 3.06. The Morgan fingerprint density at radius 1 is 1.18 bits per heavy atom. The number of hydrogen-bond acceptors (Lipinski definition) is 3. The molecule has 22 heavy (non-hydrogen) atoms. The summed E-state index contributed by atoms with van der Waals surface area (Å²) in [5.74, 6) is -2.59. The van der Waals surface area contributed by atoms with Gasteiger partial charge in [-0.25, -0.2) is 9.59 Å². The maximum Gasteiger partial charge on any atom is 0.355 e. The van der Waals surface area contributed by atoms with Crippen LogP contribution in [-0.2, 0) is 7.05 Å². The van der Waals surface area contributed by atoms with Crippen molar-refractivity contribution in [2.75, 3.05) is 0 Å². The van der Waals surface area contributed by atoms with Crippen LogP contribution >= 0.6 is 0 Å². The molecule has 0 spiro atoms. The van der Waals surface area contributed by atoms with Gasteiger partial charge in [-0.05, 0) is 24.6 Å². The van der Waals surface area contributed by atoms with Gasteiger partial charge in [0.05, 0.1) is 6.20 Å². The van der Waals surface area contributed by atoms with Gasteiger partial charge in [-0.2, -0.15) is 5.10 Å². The molecule has 114 valence electrons. The monoisotopic (exact) mass is 301 g/mol. The Morgan fingerprint density at radius 2 is 1.91 bits per heavy atom. The third kappa shape index (κ3) is 2.98. The van der Waals surface area contributed by atoms with Gasteiger partial charge in [-0.1, -0.05) is 12.1 Å². The SMILES string of the molecule is Cc1cccc2[nH]ccc12.Cn1ncc(C(=O)O)c1C(=O)O. The number of nitrogens with one attached hydrogen (secondary N) is 1. The first-order chi connectivity index (χ1) is 10.4. The standard InChI is InChI=1S/C9H9N.C6H6N2O4/c1-7-3-2-4-9-8(7)5-6-10-9;1-8-4(6(11)12)3(2-7-8)5(9)10/h2-6,10H,1H3;2H,1H3,(H,9,10)(H,11,12). The van der Waals surface area contributed by atoms with E-state index in [4.69, 9.17) is 10.2 Å². The Labute approximate surface area is 125 Å². The summed E-state index contributed by atoms with van der Waals surface area (Å²) < 4.78 is 1.01. The van der Waals surface area contributed by atoms with E-state index in [9.17, 15) is 9.59 Å². The number of H-pyrrole nitrogens is 1. The predicted molar refractivity (Wildman–Crippen MR) is 80.2 cm³/mol. The molecule has 7 heteroatoms. The molecule has 0 atom stereocenters. The Hall–Kier alpha value is -3.09. The summed E-state index contributed by atoms with van der Waals surface area (Å²) in [5.41, 5.74) is 1.94. The van der Waals surface area contributed by atoms with E-state index in [1.807, 2.05) is 6.20 Å². The van der Waals surface area contributed by atoms with Gasteiger partial charge in [-0.3, -0.25) is 4.68 Å². The molecular weight excluding hydrogens is 286 g/mol. The molecule has 0 saturated carbocycles. The zero-order chi connectivity index (χ0) is 16.3. The molecule has 7 nitrogen and oxygen atoms in total. The number of aromatic nitrogens is 3. The fourth-order valence-electron chi connectivity index (χ4n) is 2.09. The van der Waals surface area contributed by atoms with Crippen LogP contribution in [0.5, 0.6) is 0 Å². The van der Waals surface area contributed by atoms with Gasteiger partial charge in [0.15, 0.2) is 5.69 Å². The normalized spacial score (nSPS) is 10.1. The summed E-state index contributed by atoms with van der Waals surface area (Å²) >= 11 is 0. The molecule has 0 saturated heterocycles. The van der Waals surface area contributed by atoms with Gasteiger partial charge < -0.3 is 15.2 Å². The van der Waals surface area contributed by atoms with E-state index < -0.39 is 11.9 Å². The van der Waals surface area contributed by atoms with E-state index in [0.29, 0.717) is 0 Å². The minimum Gasteiger partial charge on any atom is -0.478 e. The molecule has 1 aromatic carbocycles. The van der Waals surface area contributed by atoms with Crippen molar-refractivity contribution in [1.29, 1.82) is 0 Å². The quantitative estimate of drug-likeness (QED) is 0.673. The maximum atomic E-state index is 10.5. The van der Waals surface area contributed by atoms with Crippen molar-refractivity contribution < 1.29 is 19.8 Å². The number of hydrogen-bond donors (Lipinski definition) is 3. The van der Waals surface area contributed by atoms with Crippen molar-refractivity contribution >= 4 is 22.8 Å². The van der Waals surface area contributed by atoms with Crippen molar-refractivity contribution in [3.63, 3.8) is 0 Å². The molecule has 0 fully saturated rings. The second-order valence-electron chi connectivity index (χ2n) is 4.65. The second-order valence-corrected chi connectivity index (χ2v) is 4.65. The fourth-order valence-corrected chi connectivity index (χ4v) is 2.09. The molecule has 0 aliphatic heterocycles. The number of nitrogens with zero attached hydrogens (tertiary/aromatic N) is 2. The molecule has 2 heterocycles. The molecular formula is C15H15N3O4. The second kappa shape index (κ2) is 6.13. The zero-order valence-electron chi connectivity index (χ0n) is 12.1. The molecule has 0 unspecified atom stereocenters. The van der Waals surface area contributed by atoms with Gasteiger partial charge in [0.25, 0.3) is 0 Å². The van der Waals surface area contributed by atoms with Gasteiger partial charge in [0, 0.05) is 24.1 Å². The van der Waals surface area contributed by atoms with E-state index in [1.165, 1.54) is 23.5 Å². The molecule has 0 aliphatic rings. The fraction of sp³-hybridized carbons (Fsp3) is 0.133. The maximum absolute atomic E-state index is 10.5. The molecule has 3 rings (SSSR count). The van der Waals surface area contributed by atoms with Crippen LogP contribution in [0.4, 0.5) is 0 Å². The number of fused-ring (bicyclic) bond motifs is 1. The van der Waals surface area contributed by atoms with E-state index in [0.717, 1.165) is 10.9 Å². The summed E-state index contributed by atoms with van der Waals surface area (Å²) in [7, 11) is 1.37. The number of rotatable bonds is 2. The lowest BCUT2D eigenvalue weighted by Crippen LogP contribution is -2.10. The molecule has 0 amide bonds. The lowest BCUT2D eigenvalue weighted by atomic mass is 10.1. The summed E-state index contributed by atoms with van der Waals surface area (Å²) in [6.07, 6.45) is 2.98. The zero-order valence-corrected chi connectivity index (χ0v) is 12.1. The third-order valence-electron chi connectivity index (χ3n) is 3.18. The van der Waals surface area contributed by atoms with E-state index in [1.54, 1.807) is 0 Å². The van der Waals surface area contributed by atoms with Crippen LogP contribution in [0.1, 0.15) is 26.4 Å². The number of aryl methyl sites for hydroxylation is 2. The lowest BCUT2D eigenvalue weighted by Gasteiger charge is -1.95. The first-order valence-electron chi connectivity index (χ1n) is 6.43. The van der Waals surface area contributed by atoms with E-state index >= 15 is 0 Å². The van der Waals surface area contributed by atoms with E-state index in [2.05, 4.69) is 41.3 Å². The number of carboxylic acid groups (broad SMARTS) is 2. The highest BCUT2D eigenvalue weighted by atomic mass is 16.4. The number of benzene rings is 1. The Balaban J connectivity index is 0.000000162. The van der Waals surface area contributed by atoms with Crippen molar-refractivity contribution in [2.45, 2.75) is 6.92 Å². The topological polar surface area (TPSA) is 108 Å². The summed E-state index contributed by atoms with van der Waals surface area (Å²) in [5, 5.41) is 21.9. The van der Waals surface area contributed by atoms with Crippen molar-refractivity contribution in [3.05, 3.63) is 53.5 Å². The molecule has 0 bridgehead atoms. The van der Waals surface area contributed by atoms with Crippen LogP contribution in [-0.4, -0.2) is 36.9 Å².